The highest BCUT2D eigenvalue weighted by Crippen LogP contribution is 2.23. The summed E-state index contributed by atoms with van der Waals surface area (Å²) in [5.41, 5.74) is 1.77. The van der Waals surface area contributed by atoms with E-state index in [4.69, 9.17) is 10.2 Å². The maximum absolute atomic E-state index is 9.80. The zero-order valence-corrected chi connectivity index (χ0v) is 9.56. The molecule has 0 amide bonds. The molecule has 0 fully saturated rings. The molecule has 0 saturated carbocycles. The quantitative estimate of drug-likeness (QED) is 0.570. The first-order valence-electron chi connectivity index (χ1n) is 5.22. The van der Waals surface area contributed by atoms with Gasteiger partial charge in [-0.05, 0) is 13.8 Å². The fraction of sp³-hybridized carbons (Fsp3) is 0.545. The molecule has 1 atom stereocenters. The van der Waals surface area contributed by atoms with Crippen LogP contribution in [0.25, 0.3) is 0 Å². The molecule has 0 aromatic carbocycles. The SMILES string of the molecule is Cc1ncc(CO)c(CNCC(C)O)c1O. The average Bonchev–Trinajstić information content (AvgIpc) is 2.24. The van der Waals surface area contributed by atoms with E-state index in [0.29, 0.717) is 29.9 Å². The van der Waals surface area contributed by atoms with Gasteiger partial charge >= 0.3 is 0 Å². The highest BCUT2D eigenvalue weighted by molar-refractivity contribution is 5.40. The number of nitrogens with zero attached hydrogens (tertiary/aromatic N) is 1. The normalized spacial score (nSPS) is 12.8. The summed E-state index contributed by atoms with van der Waals surface area (Å²) in [6.45, 7) is 4.06. The van der Waals surface area contributed by atoms with Gasteiger partial charge < -0.3 is 20.6 Å². The summed E-state index contributed by atoms with van der Waals surface area (Å²) in [7, 11) is 0. The van der Waals surface area contributed by atoms with Crippen LogP contribution in [0, 0.1) is 6.92 Å². The van der Waals surface area contributed by atoms with Crippen LogP contribution in [0.15, 0.2) is 6.20 Å². The summed E-state index contributed by atoms with van der Waals surface area (Å²) in [4.78, 5) is 3.97. The van der Waals surface area contributed by atoms with Gasteiger partial charge in [0.1, 0.15) is 5.75 Å². The van der Waals surface area contributed by atoms with Gasteiger partial charge in [-0.1, -0.05) is 0 Å². The lowest BCUT2D eigenvalue weighted by Gasteiger charge is -2.13. The van der Waals surface area contributed by atoms with Crippen molar-refractivity contribution in [1.82, 2.24) is 10.3 Å². The second-order valence-corrected chi connectivity index (χ2v) is 3.83. The number of hydrogen-bond donors (Lipinski definition) is 4. The van der Waals surface area contributed by atoms with E-state index in [1.807, 2.05) is 0 Å². The Kier molecular flexibility index (Phi) is 4.67. The topological polar surface area (TPSA) is 85.6 Å². The van der Waals surface area contributed by atoms with Gasteiger partial charge in [-0.2, -0.15) is 0 Å². The van der Waals surface area contributed by atoms with Crippen LogP contribution in [-0.4, -0.2) is 33.0 Å². The number of pyridine rings is 1. The molecule has 0 radical (unpaired) electrons. The van der Waals surface area contributed by atoms with E-state index in [1.165, 1.54) is 0 Å². The first kappa shape index (κ1) is 12.9. The van der Waals surface area contributed by atoms with E-state index in [1.54, 1.807) is 20.0 Å². The molecule has 90 valence electrons. The van der Waals surface area contributed by atoms with Crippen LogP contribution in [0.4, 0.5) is 0 Å². The molecule has 4 N–H and O–H groups in total. The predicted molar refractivity (Wildman–Crippen MR) is 59.9 cm³/mol. The molecule has 0 bridgehead atoms. The van der Waals surface area contributed by atoms with Gasteiger partial charge in [0.25, 0.3) is 0 Å². The van der Waals surface area contributed by atoms with Gasteiger partial charge in [0.05, 0.1) is 18.4 Å². The molecule has 5 nitrogen and oxygen atoms in total. The molecule has 0 saturated heterocycles. The van der Waals surface area contributed by atoms with Crippen molar-refractivity contribution in [3.8, 4) is 5.75 Å². The van der Waals surface area contributed by atoms with Crippen molar-refractivity contribution in [2.24, 2.45) is 0 Å². The van der Waals surface area contributed by atoms with E-state index in [0.717, 1.165) is 0 Å². The van der Waals surface area contributed by atoms with Crippen LogP contribution in [-0.2, 0) is 13.2 Å². The third kappa shape index (κ3) is 3.16. The number of aliphatic hydroxyl groups is 2. The fourth-order valence-corrected chi connectivity index (χ4v) is 1.42. The largest absolute Gasteiger partial charge is 0.506 e. The van der Waals surface area contributed by atoms with Gasteiger partial charge in [0.15, 0.2) is 0 Å². The number of rotatable bonds is 5. The molecular formula is C11H18N2O3. The van der Waals surface area contributed by atoms with E-state index in [2.05, 4.69) is 10.3 Å². The average molecular weight is 226 g/mol. The number of nitrogens with one attached hydrogen (secondary N) is 1. The highest BCUT2D eigenvalue weighted by atomic mass is 16.3. The molecule has 0 aliphatic carbocycles. The molecule has 5 heteroatoms. The van der Waals surface area contributed by atoms with Crippen LogP contribution in [0.5, 0.6) is 5.75 Å². The fourth-order valence-electron chi connectivity index (χ4n) is 1.42. The van der Waals surface area contributed by atoms with Crippen molar-refractivity contribution >= 4 is 0 Å². The van der Waals surface area contributed by atoms with E-state index < -0.39 is 6.10 Å². The second kappa shape index (κ2) is 5.79. The van der Waals surface area contributed by atoms with Crippen LogP contribution >= 0.6 is 0 Å². The predicted octanol–water partition coefficient (Wildman–Crippen LogP) is 0.0583. The third-order valence-corrected chi connectivity index (χ3v) is 2.34. The standard InChI is InChI=1S/C11H18N2O3/c1-7(15)3-12-5-10-9(6-14)4-13-8(2)11(10)16/h4,7,12,14-16H,3,5-6H2,1-2H3. The minimum absolute atomic E-state index is 0.102. The smallest absolute Gasteiger partial charge is 0.141 e. The molecule has 0 aliphatic rings. The maximum atomic E-state index is 9.80. The van der Waals surface area contributed by atoms with Crippen molar-refractivity contribution in [3.63, 3.8) is 0 Å². The molecule has 1 aromatic rings. The monoisotopic (exact) mass is 226 g/mol. The molecule has 0 spiro atoms. The summed E-state index contributed by atoms with van der Waals surface area (Å²) in [5, 5.41) is 31.0. The van der Waals surface area contributed by atoms with Gasteiger partial charge in [-0.15, -0.1) is 0 Å². The van der Waals surface area contributed by atoms with Gasteiger partial charge in [0.2, 0.25) is 0 Å². The first-order valence-corrected chi connectivity index (χ1v) is 5.22. The Labute approximate surface area is 94.8 Å². The molecule has 0 aliphatic heterocycles. The van der Waals surface area contributed by atoms with Crippen molar-refractivity contribution in [3.05, 3.63) is 23.0 Å². The highest BCUT2D eigenvalue weighted by Gasteiger charge is 2.10. The summed E-state index contributed by atoms with van der Waals surface area (Å²) >= 11 is 0. The Morgan fingerprint density at radius 3 is 2.75 bits per heavy atom. The number of aryl methyl sites for hydroxylation is 1. The number of hydrogen-bond acceptors (Lipinski definition) is 5. The molecule has 16 heavy (non-hydrogen) atoms. The number of aliphatic hydroxyl groups excluding tert-OH is 2. The Balaban J connectivity index is 2.80. The molecule has 1 rings (SSSR count). The zero-order chi connectivity index (χ0) is 12.1. The van der Waals surface area contributed by atoms with Crippen LogP contribution in [0.3, 0.4) is 0 Å². The van der Waals surface area contributed by atoms with Gasteiger partial charge in [0, 0.05) is 30.4 Å². The molecule has 1 aromatic heterocycles. The second-order valence-electron chi connectivity index (χ2n) is 3.83. The Morgan fingerprint density at radius 2 is 2.19 bits per heavy atom. The Bertz CT molecular complexity index is 353. The zero-order valence-electron chi connectivity index (χ0n) is 9.56. The van der Waals surface area contributed by atoms with Crippen molar-refractivity contribution in [2.45, 2.75) is 33.1 Å². The van der Waals surface area contributed by atoms with Crippen molar-refractivity contribution in [1.29, 1.82) is 0 Å². The molecule has 1 heterocycles. The third-order valence-electron chi connectivity index (χ3n) is 2.34. The van der Waals surface area contributed by atoms with E-state index in [-0.39, 0.29) is 12.4 Å². The Morgan fingerprint density at radius 1 is 1.50 bits per heavy atom. The Hall–Kier alpha value is -1.17. The van der Waals surface area contributed by atoms with Crippen molar-refractivity contribution in [2.75, 3.05) is 6.54 Å². The summed E-state index contributed by atoms with van der Waals surface area (Å²) in [6, 6.07) is 0. The summed E-state index contributed by atoms with van der Waals surface area (Å²) < 4.78 is 0. The first-order chi connectivity index (χ1) is 7.56. The van der Waals surface area contributed by atoms with E-state index in [9.17, 15) is 5.11 Å². The maximum Gasteiger partial charge on any atom is 0.141 e. The minimum atomic E-state index is -0.442. The van der Waals surface area contributed by atoms with Crippen LogP contribution in [0.2, 0.25) is 0 Å². The van der Waals surface area contributed by atoms with Gasteiger partial charge in [-0.3, -0.25) is 4.98 Å². The van der Waals surface area contributed by atoms with Crippen molar-refractivity contribution < 1.29 is 15.3 Å². The van der Waals surface area contributed by atoms with Crippen LogP contribution < -0.4 is 5.32 Å². The number of aromatic hydroxyl groups is 1. The van der Waals surface area contributed by atoms with Crippen LogP contribution in [0.1, 0.15) is 23.7 Å². The minimum Gasteiger partial charge on any atom is -0.506 e. The summed E-state index contributed by atoms with van der Waals surface area (Å²) in [5.74, 6) is 0.102. The molecule has 1 unspecified atom stereocenters. The lowest BCUT2D eigenvalue weighted by Crippen LogP contribution is -2.24. The lowest BCUT2D eigenvalue weighted by atomic mass is 10.1. The van der Waals surface area contributed by atoms with E-state index >= 15 is 0 Å². The summed E-state index contributed by atoms with van der Waals surface area (Å²) in [6.07, 6.45) is 1.11. The number of aromatic nitrogens is 1. The van der Waals surface area contributed by atoms with Gasteiger partial charge in [-0.25, -0.2) is 0 Å². The lowest BCUT2D eigenvalue weighted by molar-refractivity contribution is 0.190. The molecular weight excluding hydrogens is 208 g/mol.